The highest BCUT2D eigenvalue weighted by molar-refractivity contribution is 6.30. The molecule has 0 saturated heterocycles. The lowest BCUT2D eigenvalue weighted by Gasteiger charge is -2.18. The predicted octanol–water partition coefficient (Wildman–Crippen LogP) is 5.77. The van der Waals surface area contributed by atoms with Crippen molar-refractivity contribution in [2.45, 2.75) is 5.92 Å². The molecule has 0 spiro atoms. The second kappa shape index (κ2) is 8.19. The van der Waals surface area contributed by atoms with Gasteiger partial charge in [-0.15, -0.1) is 0 Å². The standard InChI is InChI=1S/C23H20ClN3O/c24-17-9-6-10-18(13-17)27-23(28)26-14-20(16-7-2-1-3-8-16)21-15-25-22-12-5-4-11-19(21)22/h1-13,15,20,25H,14H2,(H2,26,27,28). The minimum atomic E-state index is -0.261. The number of rotatable bonds is 5. The molecule has 2 amide bonds. The van der Waals surface area contributed by atoms with Crippen molar-refractivity contribution < 1.29 is 4.79 Å². The summed E-state index contributed by atoms with van der Waals surface area (Å²) in [5.74, 6) is 0.0301. The van der Waals surface area contributed by atoms with E-state index in [9.17, 15) is 4.79 Å². The van der Waals surface area contributed by atoms with E-state index in [2.05, 4.69) is 39.9 Å². The Morgan fingerprint density at radius 1 is 0.964 bits per heavy atom. The number of urea groups is 1. The van der Waals surface area contributed by atoms with Crippen LogP contribution in [0, 0.1) is 0 Å². The van der Waals surface area contributed by atoms with Gasteiger partial charge >= 0.3 is 6.03 Å². The smallest absolute Gasteiger partial charge is 0.319 e. The Morgan fingerprint density at radius 3 is 2.57 bits per heavy atom. The third-order valence-corrected chi connectivity index (χ3v) is 4.98. The minimum Gasteiger partial charge on any atom is -0.361 e. The summed E-state index contributed by atoms with van der Waals surface area (Å²) in [5.41, 5.74) is 4.05. The average molecular weight is 390 g/mol. The van der Waals surface area contributed by atoms with E-state index in [-0.39, 0.29) is 11.9 Å². The molecular weight excluding hydrogens is 370 g/mol. The van der Waals surface area contributed by atoms with Crippen LogP contribution in [0.5, 0.6) is 0 Å². The lowest BCUT2D eigenvalue weighted by atomic mass is 9.91. The maximum atomic E-state index is 12.4. The highest BCUT2D eigenvalue weighted by Crippen LogP contribution is 2.30. The number of hydrogen-bond donors (Lipinski definition) is 3. The second-order valence-electron chi connectivity index (χ2n) is 6.60. The summed E-state index contributed by atoms with van der Waals surface area (Å²) < 4.78 is 0. The first kappa shape index (κ1) is 18.1. The lowest BCUT2D eigenvalue weighted by Crippen LogP contribution is -2.32. The summed E-state index contributed by atoms with van der Waals surface area (Å²) in [6, 6.07) is 25.2. The van der Waals surface area contributed by atoms with Crippen molar-refractivity contribution >= 4 is 34.2 Å². The normalized spacial score (nSPS) is 11.9. The van der Waals surface area contributed by atoms with Gasteiger partial charge in [-0.3, -0.25) is 0 Å². The average Bonchev–Trinajstić information content (AvgIpc) is 3.13. The Bertz CT molecular complexity index is 1090. The zero-order chi connectivity index (χ0) is 19.3. The van der Waals surface area contributed by atoms with Gasteiger partial charge in [-0.05, 0) is 35.4 Å². The van der Waals surface area contributed by atoms with Gasteiger partial charge in [0.05, 0.1) is 0 Å². The maximum Gasteiger partial charge on any atom is 0.319 e. The van der Waals surface area contributed by atoms with Crippen molar-refractivity contribution in [2.24, 2.45) is 0 Å². The molecule has 0 aliphatic carbocycles. The van der Waals surface area contributed by atoms with Crippen LogP contribution in [-0.4, -0.2) is 17.6 Å². The van der Waals surface area contributed by atoms with E-state index in [0.717, 1.165) is 22.0 Å². The molecule has 4 aromatic rings. The summed E-state index contributed by atoms with van der Waals surface area (Å²) in [4.78, 5) is 15.7. The topological polar surface area (TPSA) is 56.9 Å². The van der Waals surface area contributed by atoms with Crippen molar-refractivity contribution in [3.63, 3.8) is 0 Å². The molecule has 1 aromatic heterocycles. The van der Waals surface area contributed by atoms with E-state index in [1.54, 1.807) is 24.3 Å². The van der Waals surface area contributed by atoms with Crippen LogP contribution in [-0.2, 0) is 0 Å². The van der Waals surface area contributed by atoms with Crippen molar-refractivity contribution in [3.8, 4) is 0 Å². The first-order valence-corrected chi connectivity index (χ1v) is 9.50. The van der Waals surface area contributed by atoms with Crippen LogP contribution in [0.15, 0.2) is 85.1 Å². The van der Waals surface area contributed by atoms with E-state index < -0.39 is 0 Å². The number of aromatic nitrogens is 1. The second-order valence-corrected chi connectivity index (χ2v) is 7.03. The van der Waals surface area contributed by atoms with Gasteiger partial charge in [0.2, 0.25) is 0 Å². The Kier molecular flexibility index (Phi) is 5.31. The van der Waals surface area contributed by atoms with Crippen molar-refractivity contribution in [1.29, 1.82) is 0 Å². The Balaban J connectivity index is 1.56. The zero-order valence-electron chi connectivity index (χ0n) is 15.2. The van der Waals surface area contributed by atoms with E-state index in [4.69, 9.17) is 11.6 Å². The quantitative estimate of drug-likeness (QED) is 0.398. The van der Waals surface area contributed by atoms with Crippen LogP contribution in [0.3, 0.4) is 0 Å². The number of fused-ring (bicyclic) bond motifs is 1. The highest BCUT2D eigenvalue weighted by Gasteiger charge is 2.19. The molecule has 0 aliphatic rings. The molecule has 140 valence electrons. The molecule has 1 heterocycles. The van der Waals surface area contributed by atoms with Crippen LogP contribution in [0.2, 0.25) is 5.02 Å². The predicted molar refractivity (Wildman–Crippen MR) is 115 cm³/mol. The molecule has 1 atom stereocenters. The molecule has 5 heteroatoms. The van der Waals surface area contributed by atoms with Gasteiger partial charge in [0.1, 0.15) is 0 Å². The van der Waals surface area contributed by atoms with E-state index >= 15 is 0 Å². The van der Waals surface area contributed by atoms with Gasteiger partial charge in [-0.1, -0.05) is 66.2 Å². The van der Waals surface area contributed by atoms with E-state index in [1.165, 1.54) is 0 Å². The molecule has 28 heavy (non-hydrogen) atoms. The van der Waals surface area contributed by atoms with Crippen LogP contribution in [0.4, 0.5) is 10.5 Å². The number of anilines is 1. The molecule has 0 aliphatic heterocycles. The number of benzene rings is 3. The van der Waals surface area contributed by atoms with E-state index in [1.807, 2.05) is 36.5 Å². The largest absolute Gasteiger partial charge is 0.361 e. The number of halogens is 1. The van der Waals surface area contributed by atoms with Crippen LogP contribution in [0.25, 0.3) is 10.9 Å². The molecule has 0 saturated carbocycles. The molecule has 0 bridgehead atoms. The van der Waals surface area contributed by atoms with Crippen LogP contribution < -0.4 is 10.6 Å². The molecule has 4 rings (SSSR count). The van der Waals surface area contributed by atoms with Gasteiger partial charge in [-0.2, -0.15) is 0 Å². The maximum absolute atomic E-state index is 12.4. The van der Waals surface area contributed by atoms with Crippen LogP contribution >= 0.6 is 11.6 Å². The Hall–Kier alpha value is -3.24. The van der Waals surface area contributed by atoms with Gasteiger partial charge in [0.15, 0.2) is 0 Å². The summed E-state index contributed by atoms with van der Waals surface area (Å²) in [6.45, 7) is 0.470. The molecule has 3 N–H and O–H groups in total. The summed E-state index contributed by atoms with van der Waals surface area (Å²) in [5, 5.41) is 7.57. The molecule has 0 fully saturated rings. The van der Waals surface area contributed by atoms with E-state index in [0.29, 0.717) is 17.3 Å². The minimum absolute atomic E-state index is 0.0301. The first-order chi connectivity index (χ1) is 13.7. The summed E-state index contributed by atoms with van der Waals surface area (Å²) in [6.07, 6.45) is 2.03. The fourth-order valence-corrected chi connectivity index (χ4v) is 3.60. The third kappa shape index (κ3) is 4.02. The van der Waals surface area contributed by atoms with Gasteiger partial charge in [0, 0.05) is 40.3 Å². The van der Waals surface area contributed by atoms with Crippen LogP contribution in [0.1, 0.15) is 17.0 Å². The number of aromatic amines is 1. The van der Waals surface area contributed by atoms with Gasteiger partial charge < -0.3 is 15.6 Å². The van der Waals surface area contributed by atoms with Crippen molar-refractivity contribution in [2.75, 3.05) is 11.9 Å². The number of nitrogens with one attached hydrogen (secondary N) is 3. The molecule has 4 nitrogen and oxygen atoms in total. The Morgan fingerprint density at radius 2 is 1.75 bits per heavy atom. The monoisotopic (exact) mass is 389 g/mol. The summed E-state index contributed by atoms with van der Waals surface area (Å²) >= 11 is 5.98. The third-order valence-electron chi connectivity index (χ3n) is 4.75. The highest BCUT2D eigenvalue weighted by atomic mass is 35.5. The fourth-order valence-electron chi connectivity index (χ4n) is 3.41. The molecular formula is C23H20ClN3O. The number of hydrogen-bond acceptors (Lipinski definition) is 1. The Labute approximate surface area is 168 Å². The van der Waals surface area contributed by atoms with Gasteiger partial charge in [-0.25, -0.2) is 4.79 Å². The van der Waals surface area contributed by atoms with Crippen molar-refractivity contribution in [1.82, 2.24) is 10.3 Å². The number of H-pyrrole nitrogens is 1. The number of carbonyl (C=O) groups is 1. The molecule has 3 aromatic carbocycles. The summed E-state index contributed by atoms with van der Waals surface area (Å²) in [7, 11) is 0. The fraction of sp³-hybridized carbons (Fsp3) is 0.0870. The lowest BCUT2D eigenvalue weighted by molar-refractivity contribution is 0.252. The first-order valence-electron chi connectivity index (χ1n) is 9.12. The molecule has 1 unspecified atom stereocenters. The van der Waals surface area contributed by atoms with Crippen molar-refractivity contribution in [3.05, 3.63) is 101 Å². The number of carbonyl (C=O) groups excluding carboxylic acids is 1. The SMILES string of the molecule is O=C(NCC(c1ccccc1)c1c[nH]c2ccccc12)Nc1cccc(Cl)c1. The number of amides is 2. The number of para-hydroxylation sites is 1. The van der Waals surface area contributed by atoms with Gasteiger partial charge in [0.25, 0.3) is 0 Å². The molecule has 0 radical (unpaired) electrons. The zero-order valence-corrected chi connectivity index (χ0v) is 15.9.